The van der Waals surface area contributed by atoms with Crippen molar-refractivity contribution >= 4 is 0 Å². The standard InChI is InChI=1S/C9H16N2/c1-2-9(3-1)11-7-8-4-5-10-6-8/h4,9-11H,1-3,5-7H2. The molecule has 2 nitrogen and oxygen atoms in total. The van der Waals surface area contributed by atoms with E-state index in [9.17, 15) is 0 Å². The van der Waals surface area contributed by atoms with Crippen LogP contribution in [0.15, 0.2) is 11.6 Å². The van der Waals surface area contributed by atoms with Crippen LogP contribution in [0.25, 0.3) is 0 Å². The van der Waals surface area contributed by atoms with E-state index in [0.29, 0.717) is 0 Å². The Balaban J connectivity index is 1.65. The van der Waals surface area contributed by atoms with Crippen LogP contribution >= 0.6 is 0 Å². The van der Waals surface area contributed by atoms with Crippen LogP contribution < -0.4 is 10.6 Å². The molecule has 0 unspecified atom stereocenters. The second-order valence-corrected chi connectivity index (χ2v) is 3.50. The average Bonchev–Trinajstić information content (AvgIpc) is 2.36. The minimum Gasteiger partial charge on any atom is -0.310 e. The quantitative estimate of drug-likeness (QED) is 0.580. The third kappa shape index (κ3) is 1.82. The molecule has 1 fully saturated rings. The van der Waals surface area contributed by atoms with Gasteiger partial charge in [-0.25, -0.2) is 0 Å². The predicted octanol–water partition coefficient (Wildman–Crippen LogP) is 0.658. The third-order valence-corrected chi connectivity index (χ3v) is 2.61. The Morgan fingerprint density at radius 1 is 1.55 bits per heavy atom. The summed E-state index contributed by atoms with van der Waals surface area (Å²) in [5.41, 5.74) is 1.54. The average molecular weight is 152 g/mol. The summed E-state index contributed by atoms with van der Waals surface area (Å²) in [6.07, 6.45) is 6.50. The van der Waals surface area contributed by atoms with E-state index in [0.717, 1.165) is 25.7 Å². The highest BCUT2D eigenvalue weighted by molar-refractivity contribution is 5.12. The van der Waals surface area contributed by atoms with E-state index in [1.54, 1.807) is 0 Å². The van der Waals surface area contributed by atoms with Crippen LogP contribution in [0.4, 0.5) is 0 Å². The molecular formula is C9H16N2. The maximum absolute atomic E-state index is 3.55. The van der Waals surface area contributed by atoms with Crippen molar-refractivity contribution in [2.24, 2.45) is 0 Å². The molecule has 2 N–H and O–H groups in total. The molecule has 0 bridgehead atoms. The number of hydrogen-bond donors (Lipinski definition) is 2. The largest absolute Gasteiger partial charge is 0.310 e. The van der Waals surface area contributed by atoms with Crippen LogP contribution in [0, 0.1) is 0 Å². The van der Waals surface area contributed by atoms with Crippen molar-refractivity contribution in [2.45, 2.75) is 25.3 Å². The Morgan fingerprint density at radius 3 is 3.00 bits per heavy atom. The molecule has 0 spiro atoms. The van der Waals surface area contributed by atoms with Crippen LogP contribution in [-0.4, -0.2) is 25.7 Å². The summed E-state index contributed by atoms with van der Waals surface area (Å²) in [7, 11) is 0. The summed E-state index contributed by atoms with van der Waals surface area (Å²) >= 11 is 0. The fourth-order valence-corrected chi connectivity index (χ4v) is 1.54. The van der Waals surface area contributed by atoms with Gasteiger partial charge in [0.15, 0.2) is 0 Å². The lowest BCUT2D eigenvalue weighted by Crippen LogP contribution is -2.36. The molecule has 0 aromatic carbocycles. The van der Waals surface area contributed by atoms with Gasteiger partial charge in [-0.1, -0.05) is 12.5 Å². The fraction of sp³-hybridized carbons (Fsp3) is 0.778. The molecule has 1 aliphatic heterocycles. The van der Waals surface area contributed by atoms with Gasteiger partial charge < -0.3 is 10.6 Å². The van der Waals surface area contributed by atoms with Gasteiger partial charge in [-0.3, -0.25) is 0 Å². The first-order valence-corrected chi connectivity index (χ1v) is 4.57. The fourth-order valence-electron chi connectivity index (χ4n) is 1.54. The molecule has 2 rings (SSSR count). The molecule has 11 heavy (non-hydrogen) atoms. The van der Waals surface area contributed by atoms with Crippen LogP contribution in [0.5, 0.6) is 0 Å². The van der Waals surface area contributed by atoms with Gasteiger partial charge in [0.2, 0.25) is 0 Å². The zero-order valence-electron chi connectivity index (χ0n) is 6.90. The van der Waals surface area contributed by atoms with Gasteiger partial charge in [-0.2, -0.15) is 0 Å². The lowest BCUT2D eigenvalue weighted by atomic mass is 9.93. The van der Waals surface area contributed by atoms with Gasteiger partial charge in [-0.15, -0.1) is 0 Å². The summed E-state index contributed by atoms with van der Waals surface area (Å²) in [5.74, 6) is 0. The van der Waals surface area contributed by atoms with Gasteiger partial charge in [-0.05, 0) is 18.4 Å². The van der Waals surface area contributed by atoms with E-state index in [-0.39, 0.29) is 0 Å². The van der Waals surface area contributed by atoms with Crippen LogP contribution in [0.3, 0.4) is 0 Å². The first-order valence-electron chi connectivity index (χ1n) is 4.57. The Kier molecular flexibility index (Phi) is 2.24. The molecule has 2 heteroatoms. The molecule has 0 saturated heterocycles. The summed E-state index contributed by atoms with van der Waals surface area (Å²) in [5, 5.41) is 6.85. The molecule has 2 aliphatic rings. The lowest BCUT2D eigenvalue weighted by Gasteiger charge is -2.26. The topological polar surface area (TPSA) is 24.1 Å². The molecule has 0 atom stereocenters. The minimum atomic E-state index is 0.830. The Bertz CT molecular complexity index is 159. The Labute approximate surface area is 68.1 Å². The monoisotopic (exact) mass is 152 g/mol. The molecule has 62 valence electrons. The van der Waals surface area contributed by atoms with Gasteiger partial charge in [0.25, 0.3) is 0 Å². The Morgan fingerprint density at radius 2 is 2.45 bits per heavy atom. The minimum absolute atomic E-state index is 0.830. The number of rotatable bonds is 3. The van der Waals surface area contributed by atoms with Crippen molar-refractivity contribution < 1.29 is 0 Å². The second kappa shape index (κ2) is 3.37. The molecule has 0 amide bonds. The zero-order valence-corrected chi connectivity index (χ0v) is 6.90. The van der Waals surface area contributed by atoms with Crippen LogP contribution in [-0.2, 0) is 0 Å². The maximum atomic E-state index is 3.55. The van der Waals surface area contributed by atoms with Gasteiger partial charge in [0.1, 0.15) is 0 Å². The number of nitrogens with one attached hydrogen (secondary N) is 2. The maximum Gasteiger partial charge on any atom is 0.0180 e. The zero-order chi connectivity index (χ0) is 7.52. The van der Waals surface area contributed by atoms with Crippen molar-refractivity contribution in [1.82, 2.24) is 10.6 Å². The highest BCUT2D eigenvalue weighted by Gasteiger charge is 2.16. The highest BCUT2D eigenvalue weighted by Crippen LogP contribution is 2.18. The highest BCUT2D eigenvalue weighted by atomic mass is 14.9. The predicted molar refractivity (Wildman–Crippen MR) is 46.6 cm³/mol. The van der Waals surface area contributed by atoms with E-state index in [1.165, 1.54) is 24.8 Å². The van der Waals surface area contributed by atoms with E-state index in [2.05, 4.69) is 16.7 Å². The second-order valence-electron chi connectivity index (χ2n) is 3.50. The molecule has 0 radical (unpaired) electrons. The summed E-state index contributed by atoms with van der Waals surface area (Å²) in [4.78, 5) is 0. The molecule has 0 aromatic rings. The normalized spacial score (nSPS) is 24.9. The van der Waals surface area contributed by atoms with Crippen molar-refractivity contribution in [1.29, 1.82) is 0 Å². The lowest BCUT2D eigenvalue weighted by molar-refractivity contribution is 0.349. The van der Waals surface area contributed by atoms with E-state index in [4.69, 9.17) is 0 Å². The van der Waals surface area contributed by atoms with Gasteiger partial charge >= 0.3 is 0 Å². The summed E-state index contributed by atoms with van der Waals surface area (Å²) in [6.45, 7) is 3.28. The van der Waals surface area contributed by atoms with Crippen LogP contribution in [0.2, 0.25) is 0 Å². The van der Waals surface area contributed by atoms with Crippen molar-refractivity contribution in [3.63, 3.8) is 0 Å². The van der Waals surface area contributed by atoms with E-state index >= 15 is 0 Å². The summed E-state index contributed by atoms with van der Waals surface area (Å²) < 4.78 is 0. The van der Waals surface area contributed by atoms with Gasteiger partial charge in [0, 0.05) is 25.7 Å². The smallest absolute Gasteiger partial charge is 0.0180 e. The number of hydrogen-bond acceptors (Lipinski definition) is 2. The molecular weight excluding hydrogens is 136 g/mol. The van der Waals surface area contributed by atoms with E-state index in [1.807, 2.05) is 0 Å². The third-order valence-electron chi connectivity index (χ3n) is 2.61. The van der Waals surface area contributed by atoms with E-state index < -0.39 is 0 Å². The van der Waals surface area contributed by atoms with Crippen molar-refractivity contribution in [3.05, 3.63) is 11.6 Å². The SMILES string of the molecule is C1=C(CNC2CCC2)CNC1. The molecule has 1 heterocycles. The molecule has 0 aromatic heterocycles. The van der Waals surface area contributed by atoms with Gasteiger partial charge in [0.05, 0.1) is 0 Å². The van der Waals surface area contributed by atoms with Crippen LogP contribution in [0.1, 0.15) is 19.3 Å². The van der Waals surface area contributed by atoms with Crippen molar-refractivity contribution in [2.75, 3.05) is 19.6 Å². The molecule has 1 saturated carbocycles. The summed E-state index contributed by atoms with van der Waals surface area (Å²) in [6, 6.07) is 0.830. The first kappa shape index (κ1) is 7.32. The Hall–Kier alpha value is -0.340. The van der Waals surface area contributed by atoms with Crippen molar-refractivity contribution in [3.8, 4) is 0 Å². The molecule has 1 aliphatic carbocycles. The first-order chi connectivity index (χ1) is 5.45.